The smallest absolute Gasteiger partial charge is 0.147 e. The van der Waals surface area contributed by atoms with Crippen LogP contribution in [-0.4, -0.2) is 28.3 Å². The van der Waals surface area contributed by atoms with Gasteiger partial charge in [0, 0.05) is 18.3 Å². The van der Waals surface area contributed by atoms with Crippen LogP contribution in [-0.2, 0) is 0 Å². The van der Waals surface area contributed by atoms with Gasteiger partial charge in [0.15, 0.2) is 0 Å². The standard InChI is InChI=1S/C12H15ClN2O/c13-11-2-1-5-14-12(11)15-8-3-4-9(15)7-10(16)6-8/h1-2,5,8-10,16H,3-4,6-7H2. The summed E-state index contributed by atoms with van der Waals surface area (Å²) >= 11 is 6.19. The Kier molecular flexibility index (Phi) is 2.52. The highest BCUT2D eigenvalue weighted by Crippen LogP contribution is 2.40. The molecule has 2 atom stereocenters. The predicted octanol–water partition coefficient (Wildman–Crippen LogP) is 2.23. The minimum absolute atomic E-state index is 0.142. The van der Waals surface area contributed by atoms with E-state index >= 15 is 0 Å². The first-order valence-electron chi connectivity index (χ1n) is 5.82. The summed E-state index contributed by atoms with van der Waals surface area (Å²) in [6.07, 6.45) is 5.64. The molecular weight excluding hydrogens is 224 g/mol. The summed E-state index contributed by atoms with van der Waals surface area (Å²) in [5, 5.41) is 10.5. The zero-order valence-corrected chi connectivity index (χ0v) is 9.77. The molecule has 1 N–H and O–H groups in total. The molecule has 16 heavy (non-hydrogen) atoms. The molecule has 0 spiro atoms. The summed E-state index contributed by atoms with van der Waals surface area (Å²) < 4.78 is 0. The Morgan fingerprint density at radius 2 is 2.00 bits per heavy atom. The van der Waals surface area contributed by atoms with Gasteiger partial charge < -0.3 is 10.0 Å². The van der Waals surface area contributed by atoms with E-state index < -0.39 is 0 Å². The summed E-state index contributed by atoms with van der Waals surface area (Å²) in [7, 11) is 0. The third kappa shape index (κ3) is 1.59. The number of aromatic nitrogens is 1. The SMILES string of the molecule is OC1CC2CCC(C1)N2c1ncccc1Cl. The maximum absolute atomic E-state index is 9.74. The molecule has 1 aromatic rings. The van der Waals surface area contributed by atoms with Crippen LogP contribution in [0.3, 0.4) is 0 Å². The number of fused-ring (bicyclic) bond motifs is 2. The van der Waals surface area contributed by atoms with Crippen LogP contribution in [0.5, 0.6) is 0 Å². The second-order valence-electron chi connectivity index (χ2n) is 4.73. The van der Waals surface area contributed by atoms with Gasteiger partial charge in [-0.05, 0) is 37.8 Å². The number of anilines is 1. The highest BCUT2D eigenvalue weighted by atomic mass is 35.5. The largest absolute Gasteiger partial charge is 0.393 e. The fourth-order valence-corrected chi connectivity index (χ4v) is 3.28. The van der Waals surface area contributed by atoms with Gasteiger partial charge in [-0.3, -0.25) is 0 Å². The molecule has 2 aliphatic heterocycles. The van der Waals surface area contributed by atoms with E-state index in [1.54, 1.807) is 6.20 Å². The molecule has 3 nitrogen and oxygen atoms in total. The van der Waals surface area contributed by atoms with Gasteiger partial charge in [0.1, 0.15) is 5.82 Å². The maximum Gasteiger partial charge on any atom is 0.147 e. The van der Waals surface area contributed by atoms with Gasteiger partial charge >= 0.3 is 0 Å². The van der Waals surface area contributed by atoms with Gasteiger partial charge in [0.2, 0.25) is 0 Å². The number of piperidine rings is 1. The molecule has 0 aliphatic carbocycles. The van der Waals surface area contributed by atoms with Crippen molar-refractivity contribution in [2.24, 2.45) is 0 Å². The minimum atomic E-state index is -0.142. The zero-order chi connectivity index (χ0) is 11.1. The quantitative estimate of drug-likeness (QED) is 0.815. The number of aliphatic hydroxyl groups excluding tert-OH is 1. The topological polar surface area (TPSA) is 36.4 Å². The van der Waals surface area contributed by atoms with E-state index in [1.807, 2.05) is 12.1 Å². The van der Waals surface area contributed by atoms with E-state index in [4.69, 9.17) is 11.6 Å². The number of hydrogen-bond donors (Lipinski definition) is 1. The van der Waals surface area contributed by atoms with Gasteiger partial charge in [-0.1, -0.05) is 11.6 Å². The van der Waals surface area contributed by atoms with Crippen LogP contribution < -0.4 is 4.90 Å². The van der Waals surface area contributed by atoms with Gasteiger partial charge in [0.25, 0.3) is 0 Å². The third-order valence-electron chi connectivity index (χ3n) is 3.69. The summed E-state index contributed by atoms with van der Waals surface area (Å²) in [6, 6.07) is 4.57. The normalized spacial score (nSPS) is 33.1. The lowest BCUT2D eigenvalue weighted by molar-refractivity contribution is 0.126. The molecule has 4 heteroatoms. The molecule has 2 fully saturated rings. The average molecular weight is 239 g/mol. The van der Waals surface area contributed by atoms with E-state index in [0.717, 1.165) is 36.5 Å². The Morgan fingerprint density at radius 1 is 1.31 bits per heavy atom. The van der Waals surface area contributed by atoms with Crippen LogP contribution in [0.15, 0.2) is 18.3 Å². The fraction of sp³-hybridized carbons (Fsp3) is 0.583. The Balaban J connectivity index is 1.94. The van der Waals surface area contributed by atoms with Gasteiger partial charge in [-0.2, -0.15) is 0 Å². The molecule has 2 unspecified atom stereocenters. The fourth-order valence-electron chi connectivity index (χ4n) is 3.06. The van der Waals surface area contributed by atoms with Crippen LogP contribution in [0.1, 0.15) is 25.7 Å². The van der Waals surface area contributed by atoms with Crippen LogP contribution in [0.2, 0.25) is 5.02 Å². The Morgan fingerprint density at radius 3 is 2.62 bits per heavy atom. The molecule has 3 rings (SSSR count). The lowest BCUT2D eigenvalue weighted by Crippen LogP contribution is -2.45. The molecule has 86 valence electrons. The molecule has 0 radical (unpaired) electrons. The number of hydrogen-bond acceptors (Lipinski definition) is 3. The minimum Gasteiger partial charge on any atom is -0.393 e. The Bertz CT molecular complexity index is 384. The average Bonchev–Trinajstić information content (AvgIpc) is 2.53. The van der Waals surface area contributed by atoms with Crippen molar-refractivity contribution < 1.29 is 5.11 Å². The number of rotatable bonds is 1. The van der Waals surface area contributed by atoms with Gasteiger partial charge in [-0.15, -0.1) is 0 Å². The van der Waals surface area contributed by atoms with E-state index in [0.29, 0.717) is 12.1 Å². The summed E-state index contributed by atoms with van der Waals surface area (Å²) in [4.78, 5) is 6.69. The lowest BCUT2D eigenvalue weighted by atomic mass is 10.00. The van der Waals surface area contributed by atoms with Crippen molar-refractivity contribution in [3.05, 3.63) is 23.4 Å². The van der Waals surface area contributed by atoms with Crippen molar-refractivity contribution in [2.75, 3.05) is 4.90 Å². The van der Waals surface area contributed by atoms with Crippen molar-refractivity contribution in [1.29, 1.82) is 0 Å². The van der Waals surface area contributed by atoms with Crippen LogP contribution in [0.4, 0.5) is 5.82 Å². The number of nitrogens with zero attached hydrogens (tertiary/aromatic N) is 2. The number of pyridine rings is 1. The molecule has 1 aromatic heterocycles. The van der Waals surface area contributed by atoms with Crippen LogP contribution in [0, 0.1) is 0 Å². The van der Waals surface area contributed by atoms with Crippen molar-refractivity contribution in [3.63, 3.8) is 0 Å². The second kappa shape index (κ2) is 3.90. The Hall–Kier alpha value is -0.800. The molecular formula is C12H15ClN2O. The van der Waals surface area contributed by atoms with Gasteiger partial charge in [-0.25, -0.2) is 4.98 Å². The number of halogens is 1. The first kappa shape index (κ1) is 10.4. The first-order chi connectivity index (χ1) is 7.75. The highest BCUT2D eigenvalue weighted by molar-refractivity contribution is 6.32. The van der Waals surface area contributed by atoms with E-state index in [9.17, 15) is 5.11 Å². The highest BCUT2D eigenvalue weighted by Gasteiger charge is 2.41. The summed E-state index contributed by atoms with van der Waals surface area (Å²) in [6.45, 7) is 0. The maximum atomic E-state index is 9.74. The van der Waals surface area contributed by atoms with Crippen molar-refractivity contribution >= 4 is 17.4 Å². The molecule has 2 saturated heterocycles. The molecule has 0 saturated carbocycles. The van der Waals surface area contributed by atoms with E-state index in [1.165, 1.54) is 0 Å². The van der Waals surface area contributed by atoms with Crippen molar-refractivity contribution in [3.8, 4) is 0 Å². The van der Waals surface area contributed by atoms with E-state index in [-0.39, 0.29) is 6.10 Å². The summed E-state index contributed by atoms with van der Waals surface area (Å²) in [5.74, 6) is 0.892. The summed E-state index contributed by atoms with van der Waals surface area (Å²) in [5.41, 5.74) is 0. The Labute approximate surface area is 100 Å². The zero-order valence-electron chi connectivity index (χ0n) is 9.01. The number of aliphatic hydroxyl groups is 1. The molecule has 0 aromatic carbocycles. The van der Waals surface area contributed by atoms with Gasteiger partial charge in [0.05, 0.1) is 11.1 Å². The van der Waals surface area contributed by atoms with Crippen molar-refractivity contribution in [1.82, 2.24) is 4.98 Å². The third-order valence-corrected chi connectivity index (χ3v) is 3.99. The second-order valence-corrected chi connectivity index (χ2v) is 5.13. The molecule has 2 bridgehead atoms. The molecule has 0 amide bonds. The molecule has 2 aliphatic rings. The van der Waals surface area contributed by atoms with Crippen LogP contribution in [0.25, 0.3) is 0 Å². The van der Waals surface area contributed by atoms with Crippen LogP contribution >= 0.6 is 11.6 Å². The van der Waals surface area contributed by atoms with Crippen molar-refractivity contribution in [2.45, 2.75) is 43.9 Å². The monoisotopic (exact) mass is 238 g/mol. The van der Waals surface area contributed by atoms with E-state index in [2.05, 4.69) is 9.88 Å². The molecule has 3 heterocycles. The lowest BCUT2D eigenvalue weighted by Gasteiger charge is -2.38. The first-order valence-corrected chi connectivity index (χ1v) is 6.20. The predicted molar refractivity (Wildman–Crippen MR) is 63.8 cm³/mol.